The number of nitrogens with zero attached hydrogens (tertiary/aromatic N) is 1. The van der Waals surface area contributed by atoms with Crippen molar-refractivity contribution in [2.75, 3.05) is 27.3 Å². The molecule has 2 heterocycles. The molecule has 4 nitrogen and oxygen atoms in total. The van der Waals surface area contributed by atoms with Gasteiger partial charge in [0.15, 0.2) is 0 Å². The standard InChI is InChI=1S/C16H23NO3/c1-19-13-5-6-15(20-2)14(10-13)16(18)7-9-17-8-3-4-12(17)11-16/h5-6,10,12,18H,3-4,7-9,11H2,1-2H3. The Morgan fingerprint density at radius 2 is 2.10 bits per heavy atom. The molecule has 3 rings (SSSR count). The van der Waals surface area contributed by atoms with E-state index in [0.717, 1.165) is 36.4 Å². The van der Waals surface area contributed by atoms with E-state index in [4.69, 9.17) is 9.47 Å². The molecule has 1 N–H and O–H groups in total. The molecule has 0 radical (unpaired) electrons. The van der Waals surface area contributed by atoms with Gasteiger partial charge in [0.05, 0.1) is 19.8 Å². The van der Waals surface area contributed by atoms with Crippen LogP contribution in [0.5, 0.6) is 11.5 Å². The van der Waals surface area contributed by atoms with Crippen LogP contribution in [0, 0.1) is 0 Å². The fourth-order valence-corrected chi connectivity index (χ4v) is 3.66. The van der Waals surface area contributed by atoms with Crippen molar-refractivity contribution in [3.63, 3.8) is 0 Å². The molecule has 2 aliphatic heterocycles. The molecule has 2 atom stereocenters. The fourth-order valence-electron chi connectivity index (χ4n) is 3.66. The predicted octanol–water partition coefficient (Wildman–Crippen LogP) is 2.15. The zero-order valence-electron chi connectivity index (χ0n) is 12.3. The zero-order chi connectivity index (χ0) is 14.2. The summed E-state index contributed by atoms with van der Waals surface area (Å²) in [6.45, 7) is 2.14. The molecule has 0 aliphatic carbocycles. The summed E-state index contributed by atoms with van der Waals surface area (Å²) in [7, 11) is 3.30. The van der Waals surface area contributed by atoms with Crippen LogP contribution in [0.4, 0.5) is 0 Å². The highest BCUT2D eigenvalue weighted by Crippen LogP contribution is 2.43. The molecule has 20 heavy (non-hydrogen) atoms. The minimum Gasteiger partial charge on any atom is -0.497 e. The van der Waals surface area contributed by atoms with Crippen LogP contribution in [0.3, 0.4) is 0 Å². The van der Waals surface area contributed by atoms with Crippen LogP contribution in [0.25, 0.3) is 0 Å². The molecule has 0 bridgehead atoms. The van der Waals surface area contributed by atoms with Gasteiger partial charge in [-0.2, -0.15) is 0 Å². The van der Waals surface area contributed by atoms with E-state index in [1.807, 2.05) is 18.2 Å². The first-order valence-electron chi connectivity index (χ1n) is 7.35. The number of rotatable bonds is 3. The number of fused-ring (bicyclic) bond motifs is 1. The number of hydrogen-bond donors (Lipinski definition) is 1. The number of methoxy groups -OCH3 is 2. The molecule has 2 fully saturated rings. The number of piperidine rings is 1. The summed E-state index contributed by atoms with van der Waals surface area (Å²) in [5, 5.41) is 11.2. The van der Waals surface area contributed by atoms with E-state index in [-0.39, 0.29) is 0 Å². The van der Waals surface area contributed by atoms with Gasteiger partial charge in [-0.3, -0.25) is 0 Å². The monoisotopic (exact) mass is 277 g/mol. The van der Waals surface area contributed by atoms with Crippen molar-refractivity contribution >= 4 is 0 Å². The maximum Gasteiger partial charge on any atom is 0.125 e. The van der Waals surface area contributed by atoms with Crippen molar-refractivity contribution in [3.05, 3.63) is 23.8 Å². The first-order valence-corrected chi connectivity index (χ1v) is 7.35. The van der Waals surface area contributed by atoms with E-state index < -0.39 is 5.60 Å². The Morgan fingerprint density at radius 3 is 2.85 bits per heavy atom. The highest BCUT2D eigenvalue weighted by Gasteiger charge is 2.42. The molecule has 0 saturated carbocycles. The van der Waals surface area contributed by atoms with Gasteiger partial charge in [0.1, 0.15) is 11.5 Å². The Labute approximate surface area is 120 Å². The van der Waals surface area contributed by atoms with Crippen molar-refractivity contribution in [2.24, 2.45) is 0 Å². The van der Waals surface area contributed by atoms with E-state index in [1.165, 1.54) is 19.4 Å². The van der Waals surface area contributed by atoms with E-state index in [0.29, 0.717) is 6.04 Å². The van der Waals surface area contributed by atoms with Gasteiger partial charge < -0.3 is 19.5 Å². The van der Waals surface area contributed by atoms with Gasteiger partial charge in [0.25, 0.3) is 0 Å². The maximum atomic E-state index is 11.2. The van der Waals surface area contributed by atoms with E-state index >= 15 is 0 Å². The Bertz CT molecular complexity index is 491. The van der Waals surface area contributed by atoms with Gasteiger partial charge in [-0.15, -0.1) is 0 Å². The molecule has 2 saturated heterocycles. The lowest BCUT2D eigenvalue weighted by Crippen LogP contribution is -2.46. The second-order valence-corrected chi connectivity index (χ2v) is 5.88. The topological polar surface area (TPSA) is 41.9 Å². The minimum absolute atomic E-state index is 0.504. The Balaban J connectivity index is 1.94. The average Bonchev–Trinajstić information content (AvgIpc) is 2.93. The highest BCUT2D eigenvalue weighted by atomic mass is 16.5. The summed E-state index contributed by atoms with van der Waals surface area (Å²) in [5.74, 6) is 1.52. The van der Waals surface area contributed by atoms with Crippen LogP contribution < -0.4 is 9.47 Å². The third-order valence-corrected chi connectivity index (χ3v) is 4.79. The van der Waals surface area contributed by atoms with Gasteiger partial charge in [-0.25, -0.2) is 0 Å². The van der Waals surface area contributed by atoms with Gasteiger partial charge in [0, 0.05) is 18.2 Å². The first kappa shape index (κ1) is 13.7. The third kappa shape index (κ3) is 2.27. The van der Waals surface area contributed by atoms with Crippen LogP contribution in [0.1, 0.15) is 31.2 Å². The normalized spacial score (nSPS) is 30.1. The number of hydrogen-bond acceptors (Lipinski definition) is 4. The van der Waals surface area contributed by atoms with E-state index in [1.54, 1.807) is 14.2 Å². The van der Waals surface area contributed by atoms with Gasteiger partial charge in [-0.05, 0) is 50.4 Å². The number of ether oxygens (including phenoxy) is 2. The SMILES string of the molecule is COc1ccc(OC)c(C2(O)CCN3CCCC3C2)c1. The lowest BCUT2D eigenvalue weighted by Gasteiger charge is -2.41. The van der Waals surface area contributed by atoms with Crippen LogP contribution in [0.15, 0.2) is 18.2 Å². The maximum absolute atomic E-state index is 11.2. The lowest BCUT2D eigenvalue weighted by molar-refractivity contribution is -0.0423. The fraction of sp³-hybridized carbons (Fsp3) is 0.625. The Kier molecular flexibility index (Phi) is 3.61. The van der Waals surface area contributed by atoms with Gasteiger partial charge in [-0.1, -0.05) is 0 Å². The molecule has 0 spiro atoms. The Hall–Kier alpha value is -1.26. The van der Waals surface area contributed by atoms with Crippen LogP contribution in [-0.2, 0) is 5.60 Å². The van der Waals surface area contributed by atoms with Crippen molar-refractivity contribution in [1.29, 1.82) is 0 Å². The summed E-state index contributed by atoms with van der Waals surface area (Å²) in [5.41, 5.74) is 0.0664. The summed E-state index contributed by atoms with van der Waals surface area (Å²) >= 11 is 0. The molecule has 2 aliphatic rings. The summed E-state index contributed by atoms with van der Waals surface area (Å²) in [4.78, 5) is 2.50. The molecule has 0 amide bonds. The summed E-state index contributed by atoms with van der Waals surface area (Å²) in [6, 6.07) is 6.18. The predicted molar refractivity (Wildman–Crippen MR) is 77.3 cm³/mol. The smallest absolute Gasteiger partial charge is 0.125 e. The summed E-state index contributed by atoms with van der Waals surface area (Å²) < 4.78 is 10.7. The van der Waals surface area contributed by atoms with Crippen molar-refractivity contribution < 1.29 is 14.6 Å². The average molecular weight is 277 g/mol. The molecule has 0 aromatic heterocycles. The lowest BCUT2D eigenvalue weighted by atomic mass is 9.80. The Morgan fingerprint density at radius 1 is 1.25 bits per heavy atom. The van der Waals surface area contributed by atoms with Gasteiger partial charge >= 0.3 is 0 Å². The van der Waals surface area contributed by atoms with Crippen molar-refractivity contribution in [2.45, 2.75) is 37.3 Å². The number of aliphatic hydroxyl groups is 1. The molecule has 1 aromatic rings. The third-order valence-electron chi connectivity index (χ3n) is 4.79. The van der Waals surface area contributed by atoms with Gasteiger partial charge in [0.2, 0.25) is 0 Å². The summed E-state index contributed by atoms with van der Waals surface area (Å²) in [6.07, 6.45) is 3.98. The molecule has 110 valence electrons. The molecule has 4 heteroatoms. The number of benzene rings is 1. The van der Waals surface area contributed by atoms with Crippen LogP contribution in [0.2, 0.25) is 0 Å². The second kappa shape index (κ2) is 5.26. The van der Waals surface area contributed by atoms with E-state index in [2.05, 4.69) is 4.90 Å². The second-order valence-electron chi connectivity index (χ2n) is 5.88. The highest BCUT2D eigenvalue weighted by molar-refractivity contribution is 5.44. The molecule has 1 aromatic carbocycles. The molecular formula is C16H23NO3. The molecule has 2 unspecified atom stereocenters. The van der Waals surface area contributed by atoms with Crippen molar-refractivity contribution in [3.8, 4) is 11.5 Å². The first-order chi connectivity index (χ1) is 9.66. The zero-order valence-corrected chi connectivity index (χ0v) is 12.3. The van der Waals surface area contributed by atoms with Crippen LogP contribution in [-0.4, -0.2) is 43.4 Å². The van der Waals surface area contributed by atoms with E-state index in [9.17, 15) is 5.11 Å². The minimum atomic E-state index is -0.800. The molecular weight excluding hydrogens is 254 g/mol. The largest absolute Gasteiger partial charge is 0.497 e. The quantitative estimate of drug-likeness (QED) is 0.919. The van der Waals surface area contributed by atoms with Crippen LogP contribution >= 0.6 is 0 Å². The van der Waals surface area contributed by atoms with Crippen molar-refractivity contribution in [1.82, 2.24) is 4.90 Å².